The van der Waals surface area contributed by atoms with E-state index in [1.54, 1.807) is 6.07 Å². The molecule has 0 unspecified atom stereocenters. The van der Waals surface area contributed by atoms with Crippen LogP contribution in [0.25, 0.3) is 11.1 Å². The number of pyridine rings is 1. The summed E-state index contributed by atoms with van der Waals surface area (Å²) < 4.78 is 0. The summed E-state index contributed by atoms with van der Waals surface area (Å²) in [5.41, 5.74) is 7.86. The maximum absolute atomic E-state index is 11.7. The van der Waals surface area contributed by atoms with Crippen molar-refractivity contribution in [3.05, 3.63) is 51.8 Å². The van der Waals surface area contributed by atoms with E-state index in [0.29, 0.717) is 11.5 Å². The molecule has 0 aliphatic rings. The molecule has 0 aliphatic heterocycles. The Bertz CT molecular complexity index is 691. The van der Waals surface area contributed by atoms with Crippen LogP contribution in [-0.2, 0) is 0 Å². The second-order valence-electron chi connectivity index (χ2n) is 4.73. The molecular formula is C15H15N3O. The Balaban J connectivity index is 2.59. The standard InChI is InChI=1S/C15H15N3O/c1-9(2)10-3-5-11(6-4-10)12-7-14(17)18-15(19)13(12)8-16/h3-7,9H,1-2H3,(H3,17,18,19). The Labute approximate surface area is 111 Å². The summed E-state index contributed by atoms with van der Waals surface area (Å²) in [6.45, 7) is 4.22. The first-order valence-electron chi connectivity index (χ1n) is 6.06. The zero-order valence-corrected chi connectivity index (χ0v) is 10.9. The highest BCUT2D eigenvalue weighted by Crippen LogP contribution is 2.24. The van der Waals surface area contributed by atoms with Crippen LogP contribution in [0.5, 0.6) is 0 Å². The van der Waals surface area contributed by atoms with Gasteiger partial charge in [0, 0.05) is 5.56 Å². The molecular weight excluding hydrogens is 238 g/mol. The molecule has 0 amide bonds. The number of nitrogens with zero attached hydrogens (tertiary/aromatic N) is 1. The van der Waals surface area contributed by atoms with Gasteiger partial charge in [-0.15, -0.1) is 0 Å². The molecule has 4 nitrogen and oxygen atoms in total. The van der Waals surface area contributed by atoms with Gasteiger partial charge in [-0.05, 0) is 23.1 Å². The zero-order chi connectivity index (χ0) is 14.0. The summed E-state index contributed by atoms with van der Waals surface area (Å²) in [6, 6.07) is 11.4. The third-order valence-electron chi connectivity index (χ3n) is 3.05. The van der Waals surface area contributed by atoms with Crippen LogP contribution in [0.3, 0.4) is 0 Å². The van der Waals surface area contributed by atoms with Gasteiger partial charge in [0.25, 0.3) is 5.56 Å². The number of aromatic amines is 1. The van der Waals surface area contributed by atoms with Crippen molar-refractivity contribution < 1.29 is 0 Å². The first kappa shape index (κ1) is 12.9. The fourth-order valence-electron chi connectivity index (χ4n) is 1.97. The zero-order valence-electron chi connectivity index (χ0n) is 10.9. The maximum Gasteiger partial charge on any atom is 0.268 e. The van der Waals surface area contributed by atoms with Crippen LogP contribution in [0, 0.1) is 11.3 Å². The topological polar surface area (TPSA) is 82.7 Å². The molecule has 0 spiro atoms. The van der Waals surface area contributed by atoms with Gasteiger partial charge in [0.05, 0.1) is 0 Å². The van der Waals surface area contributed by atoms with Crippen molar-refractivity contribution in [1.82, 2.24) is 4.98 Å². The molecule has 0 radical (unpaired) electrons. The number of hydrogen-bond donors (Lipinski definition) is 2. The van der Waals surface area contributed by atoms with Crippen molar-refractivity contribution in [2.24, 2.45) is 0 Å². The van der Waals surface area contributed by atoms with Crippen molar-refractivity contribution in [3.8, 4) is 17.2 Å². The van der Waals surface area contributed by atoms with Gasteiger partial charge in [-0.3, -0.25) is 4.79 Å². The lowest BCUT2D eigenvalue weighted by atomic mass is 9.97. The van der Waals surface area contributed by atoms with E-state index >= 15 is 0 Å². The van der Waals surface area contributed by atoms with Gasteiger partial charge in [-0.1, -0.05) is 38.1 Å². The van der Waals surface area contributed by atoms with Crippen molar-refractivity contribution >= 4 is 5.82 Å². The van der Waals surface area contributed by atoms with E-state index < -0.39 is 5.56 Å². The Hall–Kier alpha value is -2.54. The first-order valence-corrected chi connectivity index (χ1v) is 6.06. The molecule has 0 fully saturated rings. The number of rotatable bonds is 2. The van der Waals surface area contributed by atoms with Crippen LogP contribution >= 0.6 is 0 Å². The number of anilines is 1. The third-order valence-corrected chi connectivity index (χ3v) is 3.05. The number of nitrogens with one attached hydrogen (secondary N) is 1. The minimum Gasteiger partial charge on any atom is -0.385 e. The van der Waals surface area contributed by atoms with E-state index in [1.807, 2.05) is 30.3 Å². The Morgan fingerprint density at radius 3 is 2.42 bits per heavy atom. The van der Waals surface area contributed by atoms with E-state index in [0.717, 1.165) is 5.56 Å². The summed E-state index contributed by atoms with van der Waals surface area (Å²) >= 11 is 0. The van der Waals surface area contributed by atoms with Crippen molar-refractivity contribution in [3.63, 3.8) is 0 Å². The highest BCUT2D eigenvalue weighted by molar-refractivity contribution is 5.72. The van der Waals surface area contributed by atoms with E-state index in [2.05, 4.69) is 18.8 Å². The smallest absolute Gasteiger partial charge is 0.268 e. The van der Waals surface area contributed by atoms with E-state index in [4.69, 9.17) is 11.0 Å². The van der Waals surface area contributed by atoms with Crippen LogP contribution < -0.4 is 11.3 Å². The fraction of sp³-hybridized carbons (Fsp3) is 0.200. The molecule has 0 saturated heterocycles. The molecule has 2 aromatic rings. The summed E-state index contributed by atoms with van der Waals surface area (Å²) in [5.74, 6) is 0.695. The number of nitrogen functional groups attached to an aromatic ring is 1. The second-order valence-corrected chi connectivity index (χ2v) is 4.73. The second kappa shape index (κ2) is 4.99. The van der Waals surface area contributed by atoms with Crippen LogP contribution in [0.1, 0.15) is 30.9 Å². The third kappa shape index (κ3) is 2.50. The summed E-state index contributed by atoms with van der Waals surface area (Å²) in [5, 5.41) is 9.08. The van der Waals surface area contributed by atoms with E-state index in [-0.39, 0.29) is 11.4 Å². The molecule has 0 bridgehead atoms. The Kier molecular flexibility index (Phi) is 3.39. The average molecular weight is 253 g/mol. The number of hydrogen-bond acceptors (Lipinski definition) is 3. The molecule has 96 valence electrons. The lowest BCUT2D eigenvalue weighted by molar-refractivity contribution is 0.867. The Morgan fingerprint density at radius 1 is 1.26 bits per heavy atom. The predicted octanol–water partition coefficient (Wildman–Crippen LogP) is 2.62. The molecule has 0 aliphatic carbocycles. The molecule has 1 aromatic heterocycles. The lowest BCUT2D eigenvalue weighted by Gasteiger charge is -2.08. The molecule has 1 aromatic carbocycles. The number of benzene rings is 1. The van der Waals surface area contributed by atoms with Crippen molar-refractivity contribution in [2.75, 3.05) is 5.73 Å². The number of nitrogens with two attached hydrogens (primary N) is 1. The molecule has 2 rings (SSSR count). The predicted molar refractivity (Wildman–Crippen MR) is 75.7 cm³/mol. The van der Waals surface area contributed by atoms with Crippen molar-refractivity contribution in [1.29, 1.82) is 5.26 Å². The minimum atomic E-state index is -0.453. The number of H-pyrrole nitrogens is 1. The SMILES string of the molecule is CC(C)c1ccc(-c2cc(N)[nH]c(=O)c2C#N)cc1. The van der Waals surface area contributed by atoms with Gasteiger partial charge in [-0.25, -0.2) is 0 Å². The van der Waals surface area contributed by atoms with Crippen LogP contribution in [0.15, 0.2) is 35.1 Å². The van der Waals surface area contributed by atoms with Gasteiger partial charge in [-0.2, -0.15) is 5.26 Å². The normalized spacial score (nSPS) is 10.4. The fourth-order valence-corrected chi connectivity index (χ4v) is 1.97. The largest absolute Gasteiger partial charge is 0.385 e. The molecule has 19 heavy (non-hydrogen) atoms. The van der Waals surface area contributed by atoms with Crippen LogP contribution in [0.2, 0.25) is 0 Å². The van der Waals surface area contributed by atoms with Crippen LogP contribution in [-0.4, -0.2) is 4.98 Å². The highest BCUT2D eigenvalue weighted by atomic mass is 16.1. The lowest BCUT2D eigenvalue weighted by Crippen LogP contribution is -2.13. The molecule has 0 saturated carbocycles. The molecule has 4 heteroatoms. The molecule has 3 N–H and O–H groups in total. The monoisotopic (exact) mass is 253 g/mol. The van der Waals surface area contributed by atoms with E-state index in [9.17, 15) is 4.79 Å². The Morgan fingerprint density at radius 2 is 1.89 bits per heavy atom. The summed E-state index contributed by atoms with van der Waals surface area (Å²) in [7, 11) is 0. The van der Waals surface area contributed by atoms with Gasteiger partial charge in [0.1, 0.15) is 17.5 Å². The average Bonchev–Trinajstić information content (AvgIpc) is 2.38. The number of nitriles is 1. The highest BCUT2D eigenvalue weighted by Gasteiger charge is 2.10. The quantitative estimate of drug-likeness (QED) is 0.863. The van der Waals surface area contributed by atoms with Crippen LogP contribution in [0.4, 0.5) is 5.82 Å². The summed E-state index contributed by atoms with van der Waals surface area (Å²) in [6.07, 6.45) is 0. The van der Waals surface area contributed by atoms with Crippen molar-refractivity contribution in [2.45, 2.75) is 19.8 Å². The summed E-state index contributed by atoms with van der Waals surface area (Å²) in [4.78, 5) is 14.1. The minimum absolute atomic E-state index is 0.0893. The molecule has 1 heterocycles. The van der Waals surface area contributed by atoms with Gasteiger partial charge >= 0.3 is 0 Å². The molecule has 0 atom stereocenters. The van der Waals surface area contributed by atoms with Gasteiger partial charge in [0.15, 0.2) is 0 Å². The maximum atomic E-state index is 11.7. The van der Waals surface area contributed by atoms with Gasteiger partial charge in [0.2, 0.25) is 0 Å². The number of aromatic nitrogens is 1. The van der Waals surface area contributed by atoms with Gasteiger partial charge < -0.3 is 10.7 Å². The first-order chi connectivity index (χ1) is 9.02. The van der Waals surface area contributed by atoms with E-state index in [1.165, 1.54) is 5.56 Å².